The van der Waals surface area contributed by atoms with Crippen molar-refractivity contribution in [2.75, 3.05) is 13.2 Å². The number of ether oxygens (including phenoxy) is 2. The molecule has 0 spiro atoms. The minimum atomic E-state index is -0.503. The fourth-order valence-corrected chi connectivity index (χ4v) is 5.89. The van der Waals surface area contributed by atoms with Gasteiger partial charge in [-0.05, 0) is 36.8 Å². The van der Waals surface area contributed by atoms with Crippen molar-refractivity contribution < 1.29 is 9.47 Å². The van der Waals surface area contributed by atoms with Gasteiger partial charge in [-0.3, -0.25) is 0 Å². The molecule has 2 aromatic heterocycles. The molecule has 0 unspecified atom stereocenters. The topological polar surface area (TPSA) is 78.8 Å². The third-order valence-electron chi connectivity index (χ3n) is 8.15. The average Bonchev–Trinajstić information content (AvgIpc) is 3.86. The molecule has 0 amide bonds. The molecule has 2 aliphatic rings. The SMILES string of the molecule is c1ccc([C@@H]2COC(C(CCCCn3ccnc3)(CCCCn3ccnc3)C3=N[C@H](c4ccccc4)CO3)=N2)cc1. The normalized spacial score (nSPS) is 18.5. The van der Waals surface area contributed by atoms with Crippen molar-refractivity contribution >= 4 is 11.8 Å². The number of rotatable bonds is 14. The molecular weight excluding hydrogens is 512 g/mol. The second-order valence-corrected chi connectivity index (χ2v) is 10.9. The Morgan fingerprint density at radius 3 is 1.51 bits per heavy atom. The van der Waals surface area contributed by atoms with Gasteiger partial charge in [-0.15, -0.1) is 0 Å². The minimum absolute atomic E-state index is 0.0191. The molecule has 0 saturated carbocycles. The van der Waals surface area contributed by atoms with Crippen LogP contribution in [0.5, 0.6) is 0 Å². The zero-order valence-corrected chi connectivity index (χ0v) is 23.5. The zero-order chi connectivity index (χ0) is 27.7. The maximum Gasteiger partial charge on any atom is 0.200 e. The van der Waals surface area contributed by atoms with Crippen molar-refractivity contribution in [2.45, 2.75) is 63.7 Å². The summed E-state index contributed by atoms with van der Waals surface area (Å²) < 4.78 is 17.3. The first-order chi connectivity index (χ1) is 20.3. The van der Waals surface area contributed by atoms with Gasteiger partial charge in [0.1, 0.15) is 30.7 Å². The minimum Gasteiger partial charge on any atom is -0.478 e. The smallest absolute Gasteiger partial charge is 0.200 e. The van der Waals surface area contributed by atoms with E-state index in [1.807, 2.05) is 49.6 Å². The predicted octanol–water partition coefficient (Wildman–Crippen LogP) is 6.45. The average molecular weight is 551 g/mol. The molecule has 212 valence electrons. The molecule has 0 saturated heterocycles. The Kier molecular flexibility index (Phi) is 8.54. The van der Waals surface area contributed by atoms with Gasteiger partial charge in [0, 0.05) is 37.9 Å². The van der Waals surface area contributed by atoms with E-state index in [-0.39, 0.29) is 12.1 Å². The van der Waals surface area contributed by atoms with Crippen LogP contribution in [0.15, 0.2) is 108 Å². The summed E-state index contributed by atoms with van der Waals surface area (Å²) in [6.45, 7) is 2.94. The molecule has 8 nitrogen and oxygen atoms in total. The van der Waals surface area contributed by atoms with E-state index in [0.717, 1.165) is 63.4 Å². The second kappa shape index (κ2) is 13.0. The van der Waals surface area contributed by atoms with Crippen molar-refractivity contribution in [3.05, 3.63) is 109 Å². The van der Waals surface area contributed by atoms with E-state index in [9.17, 15) is 0 Å². The fraction of sp³-hybridized carbons (Fsp3) is 0.394. The van der Waals surface area contributed by atoms with Gasteiger partial charge in [0.15, 0.2) is 11.8 Å². The number of benzene rings is 2. The van der Waals surface area contributed by atoms with E-state index < -0.39 is 5.41 Å². The number of aromatic nitrogens is 4. The molecule has 41 heavy (non-hydrogen) atoms. The molecule has 0 radical (unpaired) electrons. The van der Waals surface area contributed by atoms with Crippen LogP contribution >= 0.6 is 0 Å². The highest BCUT2D eigenvalue weighted by atomic mass is 16.5. The third-order valence-corrected chi connectivity index (χ3v) is 8.15. The van der Waals surface area contributed by atoms with E-state index in [2.05, 4.69) is 67.6 Å². The monoisotopic (exact) mass is 550 g/mol. The number of nitrogens with zero attached hydrogens (tertiary/aromatic N) is 6. The highest BCUT2D eigenvalue weighted by molar-refractivity contribution is 6.06. The number of unbranched alkanes of at least 4 members (excludes halogenated alkanes) is 2. The lowest BCUT2D eigenvalue weighted by atomic mass is 9.77. The van der Waals surface area contributed by atoms with E-state index in [0.29, 0.717) is 13.2 Å². The summed E-state index contributed by atoms with van der Waals surface area (Å²) >= 11 is 0. The number of hydrogen-bond acceptors (Lipinski definition) is 6. The number of aryl methyl sites for hydroxylation is 2. The Labute approximate surface area is 241 Å². The molecule has 2 atom stereocenters. The van der Waals surface area contributed by atoms with Crippen LogP contribution in [0.4, 0.5) is 0 Å². The first-order valence-corrected chi connectivity index (χ1v) is 14.7. The van der Waals surface area contributed by atoms with Gasteiger partial charge in [-0.25, -0.2) is 20.0 Å². The Balaban J connectivity index is 1.29. The Hall–Kier alpha value is -4.20. The summed E-state index contributed by atoms with van der Waals surface area (Å²) in [5, 5.41) is 0. The van der Waals surface area contributed by atoms with E-state index in [4.69, 9.17) is 19.5 Å². The first kappa shape index (κ1) is 27.0. The van der Waals surface area contributed by atoms with Gasteiger partial charge in [0.25, 0.3) is 0 Å². The van der Waals surface area contributed by atoms with Crippen molar-refractivity contribution in [3.8, 4) is 0 Å². The Morgan fingerprint density at radius 1 is 0.634 bits per heavy atom. The van der Waals surface area contributed by atoms with Crippen molar-refractivity contribution in [1.82, 2.24) is 19.1 Å². The number of hydrogen-bond donors (Lipinski definition) is 0. The summed E-state index contributed by atoms with van der Waals surface area (Å²) in [4.78, 5) is 18.9. The van der Waals surface area contributed by atoms with Gasteiger partial charge in [-0.2, -0.15) is 0 Å². The molecule has 2 aliphatic heterocycles. The van der Waals surface area contributed by atoms with Crippen LogP contribution in [0.25, 0.3) is 0 Å². The molecule has 0 aliphatic carbocycles. The lowest BCUT2D eigenvalue weighted by molar-refractivity contribution is 0.232. The van der Waals surface area contributed by atoms with Crippen LogP contribution in [0.1, 0.15) is 61.7 Å². The molecule has 4 heterocycles. The molecule has 2 aromatic carbocycles. The molecule has 0 fully saturated rings. The highest BCUT2D eigenvalue weighted by Gasteiger charge is 2.48. The molecular formula is C33H38N6O2. The van der Waals surface area contributed by atoms with Crippen LogP contribution in [0.2, 0.25) is 0 Å². The van der Waals surface area contributed by atoms with Gasteiger partial charge < -0.3 is 18.6 Å². The highest BCUT2D eigenvalue weighted by Crippen LogP contribution is 2.43. The Bertz CT molecular complexity index is 1290. The molecule has 8 heteroatoms. The van der Waals surface area contributed by atoms with E-state index >= 15 is 0 Å². The van der Waals surface area contributed by atoms with E-state index in [1.54, 1.807) is 0 Å². The lowest BCUT2D eigenvalue weighted by Crippen LogP contribution is -2.40. The quantitative estimate of drug-likeness (QED) is 0.169. The molecule has 0 bridgehead atoms. The molecule has 0 N–H and O–H groups in total. The summed E-state index contributed by atoms with van der Waals surface area (Å²) in [6.07, 6.45) is 17.3. The summed E-state index contributed by atoms with van der Waals surface area (Å²) in [6, 6.07) is 20.8. The van der Waals surface area contributed by atoms with Crippen molar-refractivity contribution in [2.24, 2.45) is 15.4 Å². The van der Waals surface area contributed by atoms with Crippen molar-refractivity contribution in [1.29, 1.82) is 0 Å². The standard InChI is InChI=1S/C33H38N6O2/c1-3-11-27(12-4-1)29-23-40-31(36-29)33(15-7-9-19-38-21-17-34-25-38,16-8-10-20-39-22-18-35-26-39)32-37-30(24-41-32)28-13-5-2-6-14-28/h1-6,11-14,17-18,21-22,25-26,29-30H,7-10,15-16,19-20,23-24H2/t29-,30-/m0/s1. The van der Waals surface area contributed by atoms with Crippen LogP contribution < -0.4 is 0 Å². The summed E-state index contributed by atoms with van der Waals surface area (Å²) in [7, 11) is 0. The van der Waals surface area contributed by atoms with E-state index in [1.165, 1.54) is 11.1 Å². The predicted molar refractivity (Wildman–Crippen MR) is 160 cm³/mol. The van der Waals surface area contributed by atoms with Gasteiger partial charge in [0.05, 0.1) is 12.7 Å². The molecule has 4 aromatic rings. The van der Waals surface area contributed by atoms with Crippen LogP contribution in [0.3, 0.4) is 0 Å². The summed E-state index contributed by atoms with van der Waals surface area (Å²) in [5.41, 5.74) is 1.85. The third kappa shape index (κ3) is 6.42. The number of imidazole rings is 2. The molecule has 6 rings (SSSR count). The van der Waals surface area contributed by atoms with Crippen LogP contribution in [0, 0.1) is 5.41 Å². The van der Waals surface area contributed by atoms with Crippen LogP contribution in [-0.2, 0) is 22.6 Å². The van der Waals surface area contributed by atoms with Gasteiger partial charge >= 0.3 is 0 Å². The van der Waals surface area contributed by atoms with Crippen molar-refractivity contribution in [3.63, 3.8) is 0 Å². The summed E-state index contributed by atoms with van der Waals surface area (Å²) in [5.74, 6) is 1.56. The van der Waals surface area contributed by atoms with Crippen LogP contribution in [-0.4, -0.2) is 44.1 Å². The second-order valence-electron chi connectivity index (χ2n) is 10.9. The largest absolute Gasteiger partial charge is 0.478 e. The maximum absolute atomic E-state index is 6.50. The fourth-order valence-electron chi connectivity index (χ4n) is 5.89. The number of aliphatic imine (C=N–C) groups is 2. The lowest BCUT2D eigenvalue weighted by Gasteiger charge is -2.32. The van der Waals surface area contributed by atoms with Gasteiger partial charge in [-0.1, -0.05) is 73.5 Å². The zero-order valence-electron chi connectivity index (χ0n) is 23.5. The van der Waals surface area contributed by atoms with Gasteiger partial charge in [0.2, 0.25) is 0 Å². The Morgan fingerprint density at radius 2 is 1.10 bits per heavy atom. The maximum atomic E-state index is 6.50. The first-order valence-electron chi connectivity index (χ1n) is 14.7.